The Morgan fingerprint density at radius 3 is 2.41 bits per heavy atom. The molecule has 1 N–H and O–H groups in total. The van der Waals surface area contributed by atoms with Gasteiger partial charge in [0.1, 0.15) is 0 Å². The predicted octanol–water partition coefficient (Wildman–Crippen LogP) is 3.88. The van der Waals surface area contributed by atoms with Crippen molar-refractivity contribution in [3.05, 3.63) is 95.8 Å². The van der Waals surface area contributed by atoms with Crippen LogP contribution in [0.25, 0.3) is 0 Å². The van der Waals surface area contributed by atoms with E-state index >= 15 is 0 Å². The SMILES string of the molecule is CCC(=O)N(Cc1ccccc1)c1cccc(CC(=O)NCc2ccccn2)c1. The van der Waals surface area contributed by atoms with Crippen LogP contribution >= 0.6 is 0 Å². The Kier molecular flexibility index (Phi) is 7.11. The predicted molar refractivity (Wildman–Crippen MR) is 114 cm³/mol. The van der Waals surface area contributed by atoms with Gasteiger partial charge in [-0.05, 0) is 35.4 Å². The summed E-state index contributed by atoms with van der Waals surface area (Å²) in [7, 11) is 0. The number of nitrogens with zero attached hydrogens (tertiary/aromatic N) is 2. The highest BCUT2D eigenvalue weighted by Gasteiger charge is 2.15. The number of nitrogens with one attached hydrogen (secondary N) is 1. The van der Waals surface area contributed by atoms with Crippen molar-refractivity contribution in [1.29, 1.82) is 0 Å². The van der Waals surface area contributed by atoms with Crippen molar-refractivity contribution in [2.24, 2.45) is 0 Å². The summed E-state index contributed by atoms with van der Waals surface area (Å²) in [6.45, 7) is 2.76. The van der Waals surface area contributed by atoms with Crippen LogP contribution in [0.4, 0.5) is 5.69 Å². The molecule has 1 aromatic heterocycles. The molecule has 3 aromatic rings. The molecule has 0 unspecified atom stereocenters. The lowest BCUT2D eigenvalue weighted by Gasteiger charge is -2.23. The van der Waals surface area contributed by atoms with Crippen LogP contribution in [-0.2, 0) is 29.1 Å². The molecule has 2 aromatic carbocycles. The Morgan fingerprint density at radius 1 is 0.931 bits per heavy atom. The van der Waals surface area contributed by atoms with Gasteiger partial charge in [-0.3, -0.25) is 14.6 Å². The highest BCUT2D eigenvalue weighted by atomic mass is 16.2. The van der Waals surface area contributed by atoms with Gasteiger partial charge >= 0.3 is 0 Å². The van der Waals surface area contributed by atoms with E-state index in [2.05, 4.69) is 10.3 Å². The van der Waals surface area contributed by atoms with E-state index in [4.69, 9.17) is 0 Å². The first-order valence-corrected chi connectivity index (χ1v) is 9.75. The molecule has 0 radical (unpaired) electrons. The standard InChI is InChI=1S/C24H25N3O2/c1-2-24(29)27(18-19-9-4-3-5-10-19)22-13-8-11-20(15-22)16-23(28)26-17-21-12-6-7-14-25-21/h3-15H,2,16-18H2,1H3,(H,26,28). The number of hydrogen-bond donors (Lipinski definition) is 1. The lowest BCUT2D eigenvalue weighted by molar-refractivity contribution is -0.120. The number of carbonyl (C=O) groups is 2. The van der Waals surface area contributed by atoms with Gasteiger partial charge in [0.25, 0.3) is 0 Å². The molecule has 0 saturated heterocycles. The Bertz CT molecular complexity index is 943. The lowest BCUT2D eigenvalue weighted by atomic mass is 10.1. The van der Waals surface area contributed by atoms with Gasteiger partial charge < -0.3 is 10.2 Å². The Labute approximate surface area is 171 Å². The van der Waals surface area contributed by atoms with Crippen molar-refractivity contribution in [2.75, 3.05) is 4.90 Å². The summed E-state index contributed by atoms with van der Waals surface area (Å²) in [4.78, 5) is 30.9. The van der Waals surface area contributed by atoms with Gasteiger partial charge in [0.2, 0.25) is 11.8 Å². The van der Waals surface area contributed by atoms with Gasteiger partial charge in [-0.25, -0.2) is 0 Å². The second-order valence-corrected chi connectivity index (χ2v) is 6.76. The molecule has 3 rings (SSSR count). The van der Waals surface area contributed by atoms with E-state index in [0.29, 0.717) is 19.5 Å². The quantitative estimate of drug-likeness (QED) is 0.638. The second kappa shape index (κ2) is 10.2. The van der Waals surface area contributed by atoms with Crippen molar-refractivity contribution in [2.45, 2.75) is 32.9 Å². The zero-order valence-corrected chi connectivity index (χ0v) is 16.5. The monoisotopic (exact) mass is 387 g/mol. The number of carbonyl (C=O) groups excluding carboxylic acids is 2. The van der Waals surface area contributed by atoms with Crippen molar-refractivity contribution in [1.82, 2.24) is 10.3 Å². The minimum Gasteiger partial charge on any atom is -0.350 e. The van der Waals surface area contributed by atoms with Crippen LogP contribution in [0.2, 0.25) is 0 Å². The molecule has 2 amide bonds. The summed E-state index contributed by atoms with van der Waals surface area (Å²) in [5.74, 6) is -0.0326. The molecule has 0 aliphatic carbocycles. The molecule has 5 nitrogen and oxygen atoms in total. The first-order valence-electron chi connectivity index (χ1n) is 9.75. The molecule has 0 spiro atoms. The van der Waals surface area contributed by atoms with Crippen LogP contribution < -0.4 is 10.2 Å². The molecule has 1 heterocycles. The summed E-state index contributed by atoms with van der Waals surface area (Å²) in [6, 6.07) is 23.1. The maximum Gasteiger partial charge on any atom is 0.227 e. The second-order valence-electron chi connectivity index (χ2n) is 6.76. The van der Waals surface area contributed by atoms with Crippen molar-refractivity contribution < 1.29 is 9.59 Å². The molecule has 0 bridgehead atoms. The molecule has 0 atom stereocenters. The summed E-state index contributed by atoms with van der Waals surface area (Å²) >= 11 is 0. The van der Waals surface area contributed by atoms with Crippen molar-refractivity contribution >= 4 is 17.5 Å². The van der Waals surface area contributed by atoms with Crippen LogP contribution in [0.3, 0.4) is 0 Å². The molecule has 0 aliphatic rings. The Morgan fingerprint density at radius 2 is 1.69 bits per heavy atom. The highest BCUT2D eigenvalue weighted by Crippen LogP contribution is 2.20. The summed E-state index contributed by atoms with van der Waals surface area (Å²) < 4.78 is 0. The summed E-state index contributed by atoms with van der Waals surface area (Å²) in [5.41, 5.74) is 3.55. The normalized spacial score (nSPS) is 10.4. The number of pyridine rings is 1. The van der Waals surface area contributed by atoms with E-state index in [-0.39, 0.29) is 18.2 Å². The summed E-state index contributed by atoms with van der Waals surface area (Å²) in [5, 5.41) is 2.89. The number of anilines is 1. The third-order valence-corrected chi connectivity index (χ3v) is 4.57. The number of rotatable bonds is 8. The minimum absolute atomic E-state index is 0.0469. The van der Waals surface area contributed by atoms with E-state index in [9.17, 15) is 9.59 Å². The third kappa shape index (κ3) is 6.01. The van der Waals surface area contributed by atoms with E-state index < -0.39 is 0 Å². The first-order chi connectivity index (χ1) is 14.2. The highest BCUT2D eigenvalue weighted by molar-refractivity contribution is 5.93. The molecular formula is C24H25N3O2. The van der Waals surface area contributed by atoms with E-state index in [1.54, 1.807) is 11.1 Å². The van der Waals surface area contributed by atoms with Crippen LogP contribution in [0, 0.1) is 0 Å². The maximum absolute atomic E-state index is 12.5. The van der Waals surface area contributed by atoms with Crippen LogP contribution in [0.5, 0.6) is 0 Å². The maximum atomic E-state index is 12.5. The van der Waals surface area contributed by atoms with Gasteiger partial charge in [-0.2, -0.15) is 0 Å². The third-order valence-electron chi connectivity index (χ3n) is 4.57. The lowest BCUT2D eigenvalue weighted by Crippen LogP contribution is -2.30. The summed E-state index contributed by atoms with van der Waals surface area (Å²) in [6.07, 6.45) is 2.37. The topological polar surface area (TPSA) is 62.3 Å². The number of hydrogen-bond acceptors (Lipinski definition) is 3. The average molecular weight is 387 g/mol. The van der Waals surface area contributed by atoms with Crippen molar-refractivity contribution in [3.8, 4) is 0 Å². The molecule has 148 valence electrons. The molecule has 29 heavy (non-hydrogen) atoms. The van der Waals surface area contributed by atoms with Gasteiger partial charge in [0, 0.05) is 18.3 Å². The van der Waals surface area contributed by atoms with Crippen molar-refractivity contribution in [3.63, 3.8) is 0 Å². The molecule has 0 saturated carbocycles. The van der Waals surface area contributed by atoms with Gasteiger partial charge in [-0.1, -0.05) is 55.5 Å². The fraction of sp³-hybridized carbons (Fsp3) is 0.208. The fourth-order valence-electron chi connectivity index (χ4n) is 3.05. The van der Waals surface area contributed by atoms with E-state index in [1.807, 2.05) is 79.7 Å². The first kappa shape index (κ1) is 20.3. The zero-order chi connectivity index (χ0) is 20.5. The molecular weight excluding hydrogens is 362 g/mol. The Balaban J connectivity index is 1.69. The van der Waals surface area contributed by atoms with Gasteiger partial charge in [-0.15, -0.1) is 0 Å². The van der Waals surface area contributed by atoms with Gasteiger partial charge in [0.05, 0.1) is 25.2 Å². The van der Waals surface area contributed by atoms with E-state index in [1.165, 1.54) is 0 Å². The van der Waals surface area contributed by atoms with Gasteiger partial charge in [0.15, 0.2) is 0 Å². The van der Waals surface area contributed by atoms with Crippen LogP contribution in [-0.4, -0.2) is 16.8 Å². The Hall–Kier alpha value is -3.47. The van der Waals surface area contributed by atoms with Crippen LogP contribution in [0.15, 0.2) is 79.0 Å². The number of benzene rings is 2. The molecule has 0 fully saturated rings. The zero-order valence-electron chi connectivity index (χ0n) is 16.5. The van der Waals surface area contributed by atoms with Crippen LogP contribution in [0.1, 0.15) is 30.2 Å². The molecule has 0 aliphatic heterocycles. The average Bonchev–Trinajstić information content (AvgIpc) is 2.77. The number of amides is 2. The largest absolute Gasteiger partial charge is 0.350 e. The van der Waals surface area contributed by atoms with E-state index in [0.717, 1.165) is 22.5 Å². The fourth-order valence-corrected chi connectivity index (χ4v) is 3.05. The minimum atomic E-state index is -0.0794. The smallest absolute Gasteiger partial charge is 0.227 e. The molecule has 5 heteroatoms. The number of aromatic nitrogens is 1.